The zero-order chi connectivity index (χ0) is 16.9. The van der Waals surface area contributed by atoms with E-state index >= 15 is 0 Å². The van der Waals surface area contributed by atoms with Crippen LogP contribution in [0.2, 0.25) is 0 Å². The molecule has 3 heterocycles. The van der Waals surface area contributed by atoms with Gasteiger partial charge in [-0.25, -0.2) is 9.59 Å². The number of imide groups is 1. The maximum Gasteiger partial charge on any atom is 0.322 e. The molecule has 0 spiro atoms. The molecular weight excluding hydrogens is 352 g/mol. The second-order valence-corrected chi connectivity index (χ2v) is 6.51. The zero-order valence-electron chi connectivity index (χ0n) is 12.4. The van der Waals surface area contributed by atoms with E-state index in [4.69, 9.17) is 0 Å². The van der Waals surface area contributed by atoms with Gasteiger partial charge in [-0.2, -0.15) is 20.7 Å². The minimum absolute atomic E-state index is 0.334. The van der Waals surface area contributed by atoms with Gasteiger partial charge in [-0.05, 0) is 24.3 Å². The monoisotopic (exact) mass is 366 g/mol. The molecular formula is C13H14N6O3S2. The smallest absolute Gasteiger partial charge is 0.322 e. The lowest BCUT2D eigenvalue weighted by molar-refractivity contribution is -0.120. The van der Waals surface area contributed by atoms with Crippen molar-refractivity contribution in [2.75, 3.05) is 11.9 Å². The number of hydrogen-bond acceptors (Lipinski definition) is 7. The fourth-order valence-corrected chi connectivity index (χ4v) is 3.31. The molecule has 1 fully saturated rings. The molecule has 0 saturated carbocycles. The van der Waals surface area contributed by atoms with Crippen LogP contribution in [0, 0.1) is 0 Å². The third kappa shape index (κ3) is 4.06. The van der Waals surface area contributed by atoms with Gasteiger partial charge in [0.25, 0.3) is 5.91 Å². The molecule has 1 aliphatic rings. The number of nitrogens with one attached hydrogen (secondary N) is 4. The topological polar surface area (TPSA) is 125 Å². The maximum atomic E-state index is 11.8. The van der Waals surface area contributed by atoms with Crippen LogP contribution < -0.4 is 21.3 Å². The lowest BCUT2D eigenvalue weighted by Gasteiger charge is -2.08. The van der Waals surface area contributed by atoms with Crippen molar-refractivity contribution in [1.29, 1.82) is 0 Å². The number of aromatic nitrogens is 2. The van der Waals surface area contributed by atoms with Crippen LogP contribution in [-0.2, 0) is 4.79 Å². The lowest BCUT2D eigenvalue weighted by atomic mass is 10.1. The van der Waals surface area contributed by atoms with Crippen LogP contribution >= 0.6 is 22.9 Å². The van der Waals surface area contributed by atoms with E-state index in [2.05, 4.69) is 30.6 Å². The summed E-state index contributed by atoms with van der Waals surface area (Å²) in [5, 5.41) is 14.2. The van der Waals surface area contributed by atoms with Gasteiger partial charge in [0, 0.05) is 29.0 Å². The van der Waals surface area contributed by atoms with E-state index in [0.29, 0.717) is 30.3 Å². The first kappa shape index (κ1) is 16.3. The van der Waals surface area contributed by atoms with E-state index < -0.39 is 12.1 Å². The summed E-state index contributed by atoms with van der Waals surface area (Å²) in [5.74, 6) is 0.249. The molecule has 5 amide bonds. The molecule has 9 nitrogen and oxygen atoms in total. The maximum absolute atomic E-state index is 11.8. The van der Waals surface area contributed by atoms with Crippen LogP contribution in [0.15, 0.2) is 16.8 Å². The predicted octanol–water partition coefficient (Wildman–Crippen LogP) is 1.38. The van der Waals surface area contributed by atoms with Crippen molar-refractivity contribution in [2.45, 2.75) is 18.9 Å². The average molecular weight is 366 g/mol. The van der Waals surface area contributed by atoms with E-state index in [9.17, 15) is 14.4 Å². The van der Waals surface area contributed by atoms with Crippen molar-refractivity contribution in [1.82, 2.24) is 25.3 Å². The van der Waals surface area contributed by atoms with Crippen LogP contribution in [0.4, 0.5) is 14.7 Å². The third-order valence-corrected chi connectivity index (χ3v) is 4.55. The van der Waals surface area contributed by atoms with Gasteiger partial charge in [-0.15, -0.1) is 0 Å². The standard InChI is InChI=1S/C13H14N6O3S2/c20-10-8(15-12(22)17-10)2-1-4-14-11(21)18-13-16-9(19-24-13)7-3-5-23-6-7/h3,5-6,8H,1-2,4H2,(H2,15,17,20,22)(H2,14,16,18,19,21)/t8-/m0/s1. The van der Waals surface area contributed by atoms with Gasteiger partial charge in [0.1, 0.15) is 6.04 Å². The average Bonchev–Trinajstić information content (AvgIpc) is 3.25. The van der Waals surface area contributed by atoms with Gasteiger partial charge in [-0.1, -0.05) is 0 Å². The molecule has 4 N–H and O–H groups in total. The molecule has 1 atom stereocenters. The Morgan fingerprint density at radius 3 is 2.96 bits per heavy atom. The molecule has 2 aromatic heterocycles. The molecule has 11 heteroatoms. The van der Waals surface area contributed by atoms with Gasteiger partial charge in [-0.3, -0.25) is 15.4 Å². The molecule has 0 unspecified atom stereocenters. The Morgan fingerprint density at radius 1 is 1.38 bits per heavy atom. The van der Waals surface area contributed by atoms with Gasteiger partial charge >= 0.3 is 12.1 Å². The van der Waals surface area contributed by atoms with Gasteiger partial charge in [0.05, 0.1) is 0 Å². The van der Waals surface area contributed by atoms with E-state index in [1.54, 1.807) is 11.3 Å². The largest absolute Gasteiger partial charge is 0.338 e. The number of amides is 5. The van der Waals surface area contributed by atoms with Crippen molar-refractivity contribution in [3.63, 3.8) is 0 Å². The molecule has 3 rings (SSSR count). The predicted molar refractivity (Wildman–Crippen MR) is 89.9 cm³/mol. The van der Waals surface area contributed by atoms with Gasteiger partial charge < -0.3 is 10.6 Å². The second-order valence-electron chi connectivity index (χ2n) is 4.97. The summed E-state index contributed by atoms with van der Waals surface area (Å²) in [6.07, 6.45) is 1.01. The van der Waals surface area contributed by atoms with E-state index in [-0.39, 0.29) is 11.9 Å². The lowest BCUT2D eigenvalue weighted by Crippen LogP contribution is -2.32. The number of rotatable bonds is 6. The van der Waals surface area contributed by atoms with E-state index in [1.807, 2.05) is 16.8 Å². The Labute approximate surface area is 145 Å². The van der Waals surface area contributed by atoms with Crippen LogP contribution in [0.3, 0.4) is 0 Å². The zero-order valence-corrected chi connectivity index (χ0v) is 14.0. The van der Waals surface area contributed by atoms with Gasteiger partial charge in [0.15, 0.2) is 5.82 Å². The first-order valence-electron chi connectivity index (χ1n) is 7.14. The molecule has 1 aliphatic heterocycles. The molecule has 126 valence electrons. The molecule has 2 aromatic rings. The van der Waals surface area contributed by atoms with Gasteiger partial charge in [0.2, 0.25) is 5.13 Å². The van der Waals surface area contributed by atoms with Crippen molar-refractivity contribution >= 4 is 46.0 Å². The van der Waals surface area contributed by atoms with Crippen molar-refractivity contribution in [3.8, 4) is 11.4 Å². The van der Waals surface area contributed by atoms with Crippen LogP contribution in [0.25, 0.3) is 11.4 Å². The highest BCUT2D eigenvalue weighted by Gasteiger charge is 2.28. The summed E-state index contributed by atoms with van der Waals surface area (Å²) in [5.41, 5.74) is 0.918. The van der Waals surface area contributed by atoms with Crippen LogP contribution in [-0.4, -0.2) is 39.9 Å². The first-order chi connectivity index (χ1) is 11.6. The Hall–Kier alpha value is -2.53. The molecule has 0 bridgehead atoms. The molecule has 0 aliphatic carbocycles. The summed E-state index contributed by atoms with van der Waals surface area (Å²) in [4.78, 5) is 38.3. The number of hydrogen-bond donors (Lipinski definition) is 4. The normalized spacial score (nSPS) is 16.6. The molecule has 0 aromatic carbocycles. The number of thiophene rings is 1. The number of carbonyl (C=O) groups is 3. The fraction of sp³-hybridized carbons (Fsp3) is 0.308. The fourth-order valence-electron chi connectivity index (χ4n) is 2.09. The highest BCUT2D eigenvalue weighted by atomic mass is 32.1. The molecule has 24 heavy (non-hydrogen) atoms. The first-order valence-corrected chi connectivity index (χ1v) is 8.86. The number of urea groups is 2. The minimum Gasteiger partial charge on any atom is -0.338 e. The number of anilines is 1. The molecule has 0 radical (unpaired) electrons. The Balaban J connectivity index is 1.38. The highest BCUT2D eigenvalue weighted by molar-refractivity contribution is 7.10. The van der Waals surface area contributed by atoms with Crippen molar-refractivity contribution in [2.24, 2.45) is 0 Å². The summed E-state index contributed by atoms with van der Waals surface area (Å²) in [6.45, 7) is 0.377. The molecule has 1 saturated heterocycles. The Morgan fingerprint density at radius 2 is 2.25 bits per heavy atom. The van der Waals surface area contributed by atoms with E-state index in [0.717, 1.165) is 17.1 Å². The van der Waals surface area contributed by atoms with E-state index in [1.165, 1.54) is 0 Å². The van der Waals surface area contributed by atoms with Crippen molar-refractivity contribution < 1.29 is 14.4 Å². The van der Waals surface area contributed by atoms with Crippen molar-refractivity contribution in [3.05, 3.63) is 16.8 Å². The second kappa shape index (κ2) is 7.36. The highest BCUT2D eigenvalue weighted by Crippen LogP contribution is 2.22. The third-order valence-electron chi connectivity index (χ3n) is 3.24. The van der Waals surface area contributed by atoms with Crippen LogP contribution in [0.1, 0.15) is 12.8 Å². The summed E-state index contributed by atoms with van der Waals surface area (Å²) >= 11 is 2.66. The Bertz CT molecular complexity index is 745. The SMILES string of the molecule is O=C(NCCC[C@@H]1NC(=O)NC1=O)Nc1nc(-c2ccsc2)ns1. The summed E-state index contributed by atoms with van der Waals surface area (Å²) < 4.78 is 4.19. The quantitative estimate of drug-likeness (QED) is 0.454. The minimum atomic E-state index is -0.529. The Kier molecular flexibility index (Phi) is 5.01. The number of nitrogens with zero attached hydrogens (tertiary/aromatic N) is 2. The summed E-state index contributed by atoms with van der Waals surface area (Å²) in [6, 6.07) is 0.518. The summed E-state index contributed by atoms with van der Waals surface area (Å²) in [7, 11) is 0. The number of carbonyl (C=O) groups excluding carboxylic acids is 3. The van der Waals surface area contributed by atoms with Crippen LogP contribution in [0.5, 0.6) is 0 Å².